The molecule has 0 aliphatic rings. The van der Waals surface area contributed by atoms with E-state index >= 15 is 0 Å². The van der Waals surface area contributed by atoms with E-state index in [1.807, 2.05) is 62.6 Å². The van der Waals surface area contributed by atoms with Crippen LogP contribution >= 0.6 is 11.8 Å². The second kappa shape index (κ2) is 8.05. The largest absolute Gasteiger partial charge is 0.488 e. The van der Waals surface area contributed by atoms with Gasteiger partial charge in [-0.1, -0.05) is 36.4 Å². The van der Waals surface area contributed by atoms with Crippen molar-refractivity contribution in [1.29, 1.82) is 5.26 Å². The molecular formula is C19H21NO2S. The van der Waals surface area contributed by atoms with Crippen LogP contribution in [0.1, 0.15) is 33.9 Å². The highest BCUT2D eigenvalue weighted by atomic mass is 32.2. The molecular weight excluding hydrogens is 306 g/mol. The molecule has 120 valence electrons. The van der Waals surface area contributed by atoms with Crippen molar-refractivity contribution in [2.75, 3.05) is 6.26 Å². The van der Waals surface area contributed by atoms with E-state index in [0.29, 0.717) is 12.2 Å². The Labute approximate surface area is 141 Å². The fourth-order valence-electron chi connectivity index (χ4n) is 2.55. The number of aliphatic hydroxyl groups is 1. The van der Waals surface area contributed by atoms with Gasteiger partial charge in [0, 0.05) is 11.3 Å². The first-order chi connectivity index (χ1) is 11.1. The third-order valence-corrected chi connectivity index (χ3v) is 4.34. The molecule has 0 aliphatic heterocycles. The Bertz CT molecular complexity index is 702. The highest BCUT2D eigenvalue weighted by Gasteiger charge is 2.14. The molecule has 0 aliphatic carbocycles. The van der Waals surface area contributed by atoms with Gasteiger partial charge in [-0.3, -0.25) is 0 Å². The van der Waals surface area contributed by atoms with E-state index in [-0.39, 0.29) is 0 Å². The Morgan fingerprint density at radius 1 is 1.22 bits per heavy atom. The minimum Gasteiger partial charge on any atom is -0.488 e. The third kappa shape index (κ3) is 4.28. The predicted molar refractivity (Wildman–Crippen MR) is 94.5 cm³/mol. The summed E-state index contributed by atoms with van der Waals surface area (Å²) < 4.78 is 5.99. The third-order valence-electron chi connectivity index (χ3n) is 3.72. The van der Waals surface area contributed by atoms with Gasteiger partial charge < -0.3 is 9.84 Å². The van der Waals surface area contributed by atoms with Crippen LogP contribution in [0.2, 0.25) is 0 Å². The molecule has 0 saturated carbocycles. The highest BCUT2D eigenvalue weighted by molar-refractivity contribution is 7.97. The number of rotatable bonds is 6. The maximum atomic E-state index is 9.92. The molecule has 2 aromatic carbocycles. The monoisotopic (exact) mass is 327 g/mol. The summed E-state index contributed by atoms with van der Waals surface area (Å²) >= 11 is 1.73. The number of para-hydroxylation sites is 1. The molecule has 0 heterocycles. The Morgan fingerprint density at radius 3 is 2.52 bits per heavy atom. The van der Waals surface area contributed by atoms with Crippen LogP contribution in [0.15, 0.2) is 36.4 Å². The summed E-state index contributed by atoms with van der Waals surface area (Å²) in [5.41, 5.74) is 4.78. The van der Waals surface area contributed by atoms with Crippen LogP contribution in [0.25, 0.3) is 0 Å². The lowest BCUT2D eigenvalue weighted by molar-refractivity contribution is 0.229. The molecule has 0 bridgehead atoms. The maximum Gasteiger partial charge on any atom is 0.166 e. The number of hydrogen-bond acceptors (Lipinski definition) is 4. The normalized spacial score (nSPS) is 11.8. The lowest BCUT2D eigenvalue weighted by atomic mass is 10.0. The zero-order chi connectivity index (χ0) is 16.8. The average Bonchev–Trinajstić information content (AvgIpc) is 2.54. The van der Waals surface area contributed by atoms with Crippen LogP contribution in [-0.4, -0.2) is 11.4 Å². The quantitative estimate of drug-likeness (QED) is 0.804. The van der Waals surface area contributed by atoms with Crippen molar-refractivity contribution in [1.82, 2.24) is 0 Å². The number of ether oxygens (including phenoxy) is 1. The standard InChI is InChI=1S/C19H21NO2S/c1-13-5-4-6-14(2)19(13)22-11-16-9-15(12-23-3)7-8-17(16)18(21)10-20/h4-9,18,21H,11-12H2,1-3H3. The number of benzene rings is 2. The number of thioether (sulfide) groups is 1. The van der Waals surface area contributed by atoms with Crippen molar-refractivity contribution in [3.63, 3.8) is 0 Å². The lowest BCUT2D eigenvalue weighted by Gasteiger charge is -2.16. The van der Waals surface area contributed by atoms with Crippen molar-refractivity contribution >= 4 is 11.8 Å². The van der Waals surface area contributed by atoms with Gasteiger partial charge in [0.25, 0.3) is 0 Å². The minimum atomic E-state index is -1.13. The lowest BCUT2D eigenvalue weighted by Crippen LogP contribution is -2.06. The summed E-state index contributed by atoms with van der Waals surface area (Å²) in [7, 11) is 0. The molecule has 23 heavy (non-hydrogen) atoms. The molecule has 2 aromatic rings. The van der Waals surface area contributed by atoms with Gasteiger partial charge in [0.05, 0.1) is 6.07 Å². The van der Waals surface area contributed by atoms with Crippen LogP contribution in [0.5, 0.6) is 5.75 Å². The summed E-state index contributed by atoms with van der Waals surface area (Å²) in [6.07, 6.45) is 0.917. The number of hydrogen-bond donors (Lipinski definition) is 1. The van der Waals surface area contributed by atoms with Crippen LogP contribution in [-0.2, 0) is 12.4 Å². The summed E-state index contributed by atoms with van der Waals surface area (Å²) in [6, 6.07) is 13.7. The van der Waals surface area contributed by atoms with Gasteiger partial charge in [-0.15, -0.1) is 0 Å². The van der Waals surface area contributed by atoms with Gasteiger partial charge in [0.2, 0.25) is 0 Å². The van der Waals surface area contributed by atoms with E-state index in [9.17, 15) is 5.11 Å². The van der Waals surface area contributed by atoms with E-state index in [4.69, 9.17) is 10.00 Å². The fourth-order valence-corrected chi connectivity index (χ4v) is 3.07. The number of aryl methyl sites for hydroxylation is 2. The minimum absolute atomic E-state index is 0.335. The Kier molecular flexibility index (Phi) is 6.09. The van der Waals surface area contributed by atoms with E-state index in [0.717, 1.165) is 33.8 Å². The van der Waals surface area contributed by atoms with Gasteiger partial charge in [-0.25, -0.2) is 0 Å². The summed E-state index contributed by atoms with van der Waals surface area (Å²) in [5.74, 6) is 1.75. The smallest absolute Gasteiger partial charge is 0.166 e. The first-order valence-corrected chi connectivity index (χ1v) is 8.83. The molecule has 0 fully saturated rings. The van der Waals surface area contributed by atoms with Crippen LogP contribution in [0, 0.1) is 25.2 Å². The number of nitriles is 1. The number of aliphatic hydroxyl groups excluding tert-OH is 1. The van der Waals surface area contributed by atoms with E-state index < -0.39 is 6.10 Å². The zero-order valence-electron chi connectivity index (χ0n) is 13.7. The van der Waals surface area contributed by atoms with Crippen LogP contribution < -0.4 is 4.74 Å². The molecule has 4 heteroatoms. The Balaban J connectivity index is 2.29. The molecule has 0 radical (unpaired) electrons. The summed E-state index contributed by atoms with van der Waals surface area (Å²) in [4.78, 5) is 0. The average molecular weight is 327 g/mol. The van der Waals surface area contributed by atoms with E-state index in [1.54, 1.807) is 11.8 Å². The van der Waals surface area contributed by atoms with Gasteiger partial charge in [-0.2, -0.15) is 17.0 Å². The molecule has 0 spiro atoms. The second-order valence-electron chi connectivity index (χ2n) is 5.51. The van der Waals surface area contributed by atoms with Crippen molar-refractivity contribution in [3.05, 3.63) is 64.2 Å². The van der Waals surface area contributed by atoms with Crippen molar-refractivity contribution in [2.45, 2.75) is 32.3 Å². The molecule has 3 nitrogen and oxygen atoms in total. The van der Waals surface area contributed by atoms with Gasteiger partial charge in [0.15, 0.2) is 6.10 Å². The Hall–Kier alpha value is -1.96. The SMILES string of the molecule is CSCc1ccc(C(O)C#N)c(COc2c(C)cccc2C)c1. The molecule has 0 saturated heterocycles. The van der Waals surface area contributed by atoms with Crippen molar-refractivity contribution < 1.29 is 9.84 Å². The predicted octanol–water partition coefficient (Wildman–Crippen LogP) is 4.30. The molecule has 2 rings (SSSR count). The van der Waals surface area contributed by atoms with Gasteiger partial charge in [0.1, 0.15) is 12.4 Å². The van der Waals surface area contributed by atoms with Crippen LogP contribution in [0.4, 0.5) is 0 Å². The van der Waals surface area contributed by atoms with E-state index in [2.05, 4.69) is 0 Å². The first-order valence-electron chi connectivity index (χ1n) is 7.44. The van der Waals surface area contributed by atoms with Crippen LogP contribution in [0.3, 0.4) is 0 Å². The second-order valence-corrected chi connectivity index (χ2v) is 6.37. The molecule has 1 N–H and O–H groups in total. The Morgan fingerprint density at radius 2 is 1.91 bits per heavy atom. The van der Waals surface area contributed by atoms with Gasteiger partial charge >= 0.3 is 0 Å². The summed E-state index contributed by atoms with van der Waals surface area (Å²) in [6.45, 7) is 4.36. The van der Waals surface area contributed by atoms with Crippen molar-refractivity contribution in [2.24, 2.45) is 0 Å². The molecule has 0 aromatic heterocycles. The molecule has 1 unspecified atom stereocenters. The zero-order valence-corrected chi connectivity index (χ0v) is 14.5. The van der Waals surface area contributed by atoms with E-state index in [1.165, 1.54) is 0 Å². The maximum absolute atomic E-state index is 9.92. The fraction of sp³-hybridized carbons (Fsp3) is 0.316. The van der Waals surface area contributed by atoms with Crippen molar-refractivity contribution in [3.8, 4) is 11.8 Å². The molecule has 1 atom stereocenters. The number of nitrogens with zero attached hydrogens (tertiary/aromatic N) is 1. The first kappa shape index (κ1) is 17.4. The highest BCUT2D eigenvalue weighted by Crippen LogP contribution is 2.26. The summed E-state index contributed by atoms with van der Waals surface area (Å²) in [5, 5.41) is 18.9. The topological polar surface area (TPSA) is 53.2 Å². The molecule has 0 amide bonds. The van der Waals surface area contributed by atoms with Gasteiger partial charge in [-0.05, 0) is 42.4 Å².